The number of ketones is 1. The number of ether oxygens (including phenoxy) is 3. The first-order chi connectivity index (χ1) is 15.3. The van der Waals surface area contributed by atoms with Crippen LogP contribution in [0, 0.1) is 34.5 Å². The minimum atomic E-state index is -1.08. The van der Waals surface area contributed by atoms with Gasteiger partial charge in [-0.25, -0.2) is 0 Å². The molecule has 0 radical (unpaired) electrons. The molecule has 1 aliphatic heterocycles. The fraction of sp³-hybridized carbons (Fsp3) is 0.808. The fourth-order valence-electron chi connectivity index (χ4n) is 8.44. The van der Waals surface area contributed by atoms with Crippen LogP contribution in [0.2, 0.25) is 0 Å². The summed E-state index contributed by atoms with van der Waals surface area (Å²) in [5, 5.41) is 12.0. The van der Waals surface area contributed by atoms with Crippen molar-refractivity contribution in [1.82, 2.24) is 0 Å². The van der Waals surface area contributed by atoms with Crippen molar-refractivity contribution >= 4 is 17.7 Å². The lowest BCUT2D eigenvalue weighted by atomic mass is 9.56. The Labute approximate surface area is 195 Å². The van der Waals surface area contributed by atoms with Crippen LogP contribution in [0.3, 0.4) is 0 Å². The second-order valence-electron chi connectivity index (χ2n) is 11.8. The second kappa shape index (κ2) is 6.91. The Bertz CT molecular complexity index is 952. The number of hydrogen-bond donors (Lipinski definition) is 1. The van der Waals surface area contributed by atoms with Crippen LogP contribution < -0.4 is 0 Å². The molecule has 2 bridgehead atoms. The summed E-state index contributed by atoms with van der Waals surface area (Å²) in [5.74, 6) is -1.52. The first-order valence-corrected chi connectivity index (χ1v) is 12.2. The first kappa shape index (κ1) is 23.0. The number of carbonyl (C=O) groups excluding carboxylic acids is 3. The van der Waals surface area contributed by atoms with Crippen molar-refractivity contribution in [2.45, 2.75) is 90.6 Å². The van der Waals surface area contributed by atoms with Crippen molar-refractivity contribution in [3.05, 3.63) is 11.6 Å². The molecular weight excluding hydrogens is 424 g/mol. The summed E-state index contributed by atoms with van der Waals surface area (Å²) in [5.41, 5.74) is -2.42. The third kappa shape index (κ3) is 2.72. The standard InChI is InChI=1S/C26H36O7/c1-13-7-9-24(30)10-8-18-25(33-16(4)28)12-31-19(25)11-17-14(2)26(17,18)22(29)21(32-15(3)27)20(13)23(24,5)6/h7,14,17-21,30H,8-12H2,1-6H3/t14?,17?,18?,19-,20?,21-,24-,25-,26?/m1/s1. The highest BCUT2D eigenvalue weighted by Crippen LogP contribution is 2.76. The quantitative estimate of drug-likeness (QED) is 0.500. The van der Waals surface area contributed by atoms with Crippen molar-refractivity contribution in [3.63, 3.8) is 0 Å². The van der Waals surface area contributed by atoms with Gasteiger partial charge in [0.1, 0.15) is 6.10 Å². The predicted molar refractivity (Wildman–Crippen MR) is 118 cm³/mol. The molecule has 4 aliphatic carbocycles. The van der Waals surface area contributed by atoms with Gasteiger partial charge in [0.25, 0.3) is 0 Å². The number of esters is 2. The summed E-state index contributed by atoms with van der Waals surface area (Å²) in [7, 11) is 0. The van der Waals surface area contributed by atoms with E-state index in [0.29, 0.717) is 25.7 Å². The topological polar surface area (TPSA) is 99.1 Å². The van der Waals surface area contributed by atoms with Crippen LogP contribution in [0.15, 0.2) is 11.6 Å². The zero-order valence-corrected chi connectivity index (χ0v) is 20.5. The molecule has 33 heavy (non-hydrogen) atoms. The monoisotopic (exact) mass is 460 g/mol. The molecule has 3 saturated carbocycles. The van der Waals surface area contributed by atoms with E-state index in [1.807, 2.05) is 26.8 Å². The summed E-state index contributed by atoms with van der Waals surface area (Å²) in [6.07, 6.45) is 2.92. The van der Waals surface area contributed by atoms with Gasteiger partial charge >= 0.3 is 11.9 Å². The van der Waals surface area contributed by atoms with Crippen LogP contribution in [-0.4, -0.2) is 52.8 Å². The highest BCUT2D eigenvalue weighted by atomic mass is 16.6. The van der Waals surface area contributed by atoms with E-state index in [4.69, 9.17) is 14.2 Å². The smallest absolute Gasteiger partial charge is 0.303 e. The van der Waals surface area contributed by atoms with Crippen LogP contribution in [-0.2, 0) is 28.6 Å². The molecule has 9 atom stereocenters. The van der Waals surface area contributed by atoms with E-state index in [-0.39, 0.29) is 42.2 Å². The average Bonchev–Trinajstić information content (AvgIpc) is 3.29. The maximum atomic E-state index is 14.6. The van der Waals surface area contributed by atoms with Gasteiger partial charge in [0, 0.05) is 36.5 Å². The minimum Gasteiger partial charge on any atom is -0.454 e. The first-order valence-electron chi connectivity index (χ1n) is 12.2. The largest absolute Gasteiger partial charge is 0.454 e. The van der Waals surface area contributed by atoms with Gasteiger partial charge in [0.05, 0.1) is 12.2 Å². The van der Waals surface area contributed by atoms with E-state index < -0.39 is 40.0 Å². The van der Waals surface area contributed by atoms with Gasteiger partial charge in [-0.05, 0) is 44.4 Å². The molecule has 182 valence electrons. The van der Waals surface area contributed by atoms with Gasteiger partial charge < -0.3 is 19.3 Å². The Morgan fingerprint density at radius 1 is 1.21 bits per heavy atom. The molecule has 1 spiro atoms. The van der Waals surface area contributed by atoms with Crippen LogP contribution in [0.4, 0.5) is 0 Å². The molecule has 5 unspecified atom stereocenters. The lowest BCUT2D eigenvalue weighted by Crippen LogP contribution is -2.70. The highest BCUT2D eigenvalue weighted by molar-refractivity contribution is 5.95. The maximum Gasteiger partial charge on any atom is 0.303 e. The number of Topliss-reactive ketones (excluding diaryl/α,β-unsaturated/α-hetero) is 1. The van der Waals surface area contributed by atoms with Gasteiger partial charge in [0.15, 0.2) is 17.5 Å². The molecule has 7 nitrogen and oxygen atoms in total. The van der Waals surface area contributed by atoms with Gasteiger partial charge in [-0.15, -0.1) is 0 Å². The Morgan fingerprint density at radius 2 is 1.91 bits per heavy atom. The normalized spacial score (nSPS) is 49.4. The molecule has 1 saturated heterocycles. The van der Waals surface area contributed by atoms with Crippen molar-refractivity contribution in [3.8, 4) is 0 Å². The molecule has 0 aromatic heterocycles. The van der Waals surface area contributed by atoms with E-state index in [1.165, 1.54) is 13.8 Å². The summed E-state index contributed by atoms with van der Waals surface area (Å²) in [4.78, 5) is 39.0. The highest BCUT2D eigenvalue weighted by Gasteiger charge is 2.82. The number of fused-ring (bicyclic) bond motifs is 4. The Balaban J connectivity index is 1.70. The van der Waals surface area contributed by atoms with Crippen molar-refractivity contribution in [2.75, 3.05) is 6.61 Å². The molecular formula is C26H36O7. The summed E-state index contributed by atoms with van der Waals surface area (Å²) < 4.78 is 17.7. The van der Waals surface area contributed by atoms with E-state index in [1.54, 1.807) is 0 Å². The molecule has 0 aromatic rings. The van der Waals surface area contributed by atoms with E-state index in [0.717, 1.165) is 5.57 Å². The molecule has 1 heterocycles. The van der Waals surface area contributed by atoms with E-state index in [9.17, 15) is 19.5 Å². The Kier molecular flexibility index (Phi) is 4.82. The zero-order valence-electron chi connectivity index (χ0n) is 20.5. The van der Waals surface area contributed by atoms with Crippen LogP contribution in [0.1, 0.15) is 67.2 Å². The van der Waals surface area contributed by atoms with Crippen LogP contribution in [0.25, 0.3) is 0 Å². The molecule has 1 N–H and O–H groups in total. The Hall–Kier alpha value is -1.73. The summed E-state index contributed by atoms with van der Waals surface area (Å²) >= 11 is 0. The maximum absolute atomic E-state index is 14.6. The molecule has 7 heteroatoms. The number of aliphatic hydroxyl groups is 1. The predicted octanol–water partition coefficient (Wildman–Crippen LogP) is 2.98. The molecule has 0 amide bonds. The number of carbonyl (C=O) groups is 3. The second-order valence-corrected chi connectivity index (χ2v) is 11.8. The van der Waals surface area contributed by atoms with Gasteiger partial charge in [-0.1, -0.05) is 32.4 Å². The van der Waals surface area contributed by atoms with Gasteiger partial charge in [-0.2, -0.15) is 0 Å². The fourth-order valence-corrected chi connectivity index (χ4v) is 8.44. The van der Waals surface area contributed by atoms with Gasteiger partial charge in [0.2, 0.25) is 0 Å². The molecule has 5 rings (SSSR count). The minimum absolute atomic E-state index is 0.0645. The lowest BCUT2D eigenvalue weighted by Gasteiger charge is -2.57. The average molecular weight is 461 g/mol. The third-order valence-corrected chi connectivity index (χ3v) is 10.2. The molecule has 5 aliphatic rings. The van der Waals surface area contributed by atoms with Crippen LogP contribution in [0.5, 0.6) is 0 Å². The zero-order chi connectivity index (χ0) is 24.1. The Morgan fingerprint density at radius 3 is 2.48 bits per heavy atom. The lowest BCUT2D eigenvalue weighted by molar-refractivity contribution is -0.296. The van der Waals surface area contributed by atoms with Crippen molar-refractivity contribution < 1.29 is 33.7 Å². The van der Waals surface area contributed by atoms with Crippen molar-refractivity contribution in [2.24, 2.45) is 34.5 Å². The van der Waals surface area contributed by atoms with Crippen LogP contribution >= 0.6 is 0 Å². The molecule has 0 aromatic carbocycles. The SMILES string of the molecule is CC(=O)O[C@H]1C(=O)C23C(C)C2C[C@H]2OC[C@@]2(OC(C)=O)C3CC[C@]2(O)CC=C(C)C1C2(C)C. The van der Waals surface area contributed by atoms with Crippen molar-refractivity contribution in [1.29, 1.82) is 0 Å². The molecule has 4 fully saturated rings. The summed E-state index contributed by atoms with van der Waals surface area (Å²) in [6.45, 7) is 11.0. The number of rotatable bonds is 2. The summed E-state index contributed by atoms with van der Waals surface area (Å²) in [6, 6.07) is 0. The number of hydrogen-bond acceptors (Lipinski definition) is 7. The van der Waals surface area contributed by atoms with Gasteiger partial charge in [-0.3, -0.25) is 14.4 Å². The third-order valence-electron chi connectivity index (χ3n) is 10.2. The van der Waals surface area contributed by atoms with E-state index in [2.05, 4.69) is 6.92 Å². The van der Waals surface area contributed by atoms with E-state index >= 15 is 0 Å².